The summed E-state index contributed by atoms with van der Waals surface area (Å²) in [5.74, 6) is 0.0108. The van der Waals surface area contributed by atoms with E-state index in [1.807, 2.05) is 13.2 Å². The number of aliphatic carboxylic acids is 1. The number of rotatable bonds is 7. The average Bonchev–Trinajstić information content (AvgIpc) is 2.25. The molecule has 0 aliphatic carbocycles. The molecule has 0 aliphatic rings. The number of thioether (sulfide) groups is 1. The Hall–Kier alpha value is -0.910. The van der Waals surface area contributed by atoms with E-state index in [-0.39, 0.29) is 19.0 Å². The number of amides is 2. The first kappa shape index (κ1) is 15.1. The highest BCUT2D eigenvalue weighted by Crippen LogP contribution is 2.01. The van der Waals surface area contributed by atoms with Gasteiger partial charge < -0.3 is 14.9 Å². The number of carboxylic acids is 1. The number of urea groups is 1. The van der Waals surface area contributed by atoms with Crippen LogP contribution in [0.3, 0.4) is 0 Å². The van der Waals surface area contributed by atoms with Gasteiger partial charge in [-0.2, -0.15) is 11.8 Å². The van der Waals surface area contributed by atoms with Gasteiger partial charge in [0.05, 0.1) is 6.42 Å². The van der Waals surface area contributed by atoms with Crippen LogP contribution < -0.4 is 0 Å². The molecule has 16 heavy (non-hydrogen) atoms. The van der Waals surface area contributed by atoms with Crippen LogP contribution in [-0.2, 0) is 4.79 Å². The minimum absolute atomic E-state index is 0.00402. The van der Waals surface area contributed by atoms with Crippen LogP contribution in [0.15, 0.2) is 0 Å². The second-order valence-electron chi connectivity index (χ2n) is 3.42. The molecule has 0 bridgehead atoms. The van der Waals surface area contributed by atoms with E-state index in [0.29, 0.717) is 13.1 Å². The standard InChI is InChI=1S/C10H20N2O3S/c1-4-12(6-5-9(13)14)10(15)11(2)7-8-16-3/h4-8H2,1-3H3,(H,13,14). The minimum Gasteiger partial charge on any atom is -0.481 e. The molecule has 0 spiro atoms. The SMILES string of the molecule is CCN(CCC(=O)O)C(=O)N(C)CCSC. The van der Waals surface area contributed by atoms with Crippen LogP contribution in [0.2, 0.25) is 0 Å². The summed E-state index contributed by atoms with van der Waals surface area (Å²) in [5, 5.41) is 8.56. The Kier molecular flexibility index (Phi) is 7.80. The summed E-state index contributed by atoms with van der Waals surface area (Å²) in [5.41, 5.74) is 0. The number of hydrogen-bond acceptors (Lipinski definition) is 3. The van der Waals surface area contributed by atoms with Gasteiger partial charge in [-0.15, -0.1) is 0 Å². The minimum atomic E-state index is -0.877. The number of hydrogen-bond donors (Lipinski definition) is 1. The van der Waals surface area contributed by atoms with Crippen LogP contribution in [0.25, 0.3) is 0 Å². The Morgan fingerprint density at radius 2 is 1.94 bits per heavy atom. The first-order valence-corrected chi connectivity index (χ1v) is 6.63. The first-order valence-electron chi connectivity index (χ1n) is 5.23. The van der Waals surface area contributed by atoms with Crippen LogP contribution in [0.1, 0.15) is 13.3 Å². The molecule has 0 saturated carbocycles. The summed E-state index contributed by atoms with van der Waals surface area (Å²) >= 11 is 1.68. The van der Waals surface area contributed by atoms with E-state index >= 15 is 0 Å². The van der Waals surface area contributed by atoms with Crippen molar-refractivity contribution in [2.45, 2.75) is 13.3 Å². The van der Waals surface area contributed by atoms with Crippen LogP contribution in [-0.4, -0.2) is 65.6 Å². The maximum absolute atomic E-state index is 11.8. The molecule has 0 heterocycles. The van der Waals surface area contributed by atoms with Crippen molar-refractivity contribution in [2.75, 3.05) is 38.7 Å². The molecular formula is C10H20N2O3S. The molecule has 0 aromatic heterocycles. The molecule has 0 saturated heterocycles. The van der Waals surface area contributed by atoms with E-state index in [0.717, 1.165) is 5.75 Å². The molecule has 0 aromatic rings. The monoisotopic (exact) mass is 248 g/mol. The van der Waals surface area contributed by atoms with Crippen molar-refractivity contribution in [3.8, 4) is 0 Å². The lowest BCUT2D eigenvalue weighted by Crippen LogP contribution is -2.42. The highest BCUT2D eigenvalue weighted by molar-refractivity contribution is 7.98. The third-order valence-electron chi connectivity index (χ3n) is 2.21. The molecule has 6 heteroatoms. The third kappa shape index (κ3) is 5.85. The van der Waals surface area contributed by atoms with Crippen LogP contribution in [0.4, 0.5) is 4.79 Å². The quantitative estimate of drug-likeness (QED) is 0.735. The maximum Gasteiger partial charge on any atom is 0.319 e. The highest BCUT2D eigenvalue weighted by atomic mass is 32.2. The molecule has 0 aromatic carbocycles. The summed E-state index contributed by atoms with van der Waals surface area (Å²) in [7, 11) is 1.74. The van der Waals surface area contributed by atoms with Crippen molar-refractivity contribution in [3.63, 3.8) is 0 Å². The normalized spacial score (nSPS) is 9.94. The van der Waals surface area contributed by atoms with E-state index in [1.165, 1.54) is 0 Å². The van der Waals surface area contributed by atoms with Gasteiger partial charge in [-0.3, -0.25) is 4.79 Å². The van der Waals surface area contributed by atoms with Crippen molar-refractivity contribution in [2.24, 2.45) is 0 Å². The molecular weight excluding hydrogens is 228 g/mol. The molecule has 5 nitrogen and oxygen atoms in total. The van der Waals surface area contributed by atoms with Gasteiger partial charge in [-0.1, -0.05) is 0 Å². The Morgan fingerprint density at radius 1 is 1.31 bits per heavy atom. The lowest BCUT2D eigenvalue weighted by Gasteiger charge is -2.26. The van der Waals surface area contributed by atoms with E-state index < -0.39 is 5.97 Å². The number of carbonyl (C=O) groups is 2. The van der Waals surface area contributed by atoms with Crippen LogP contribution in [0, 0.1) is 0 Å². The zero-order chi connectivity index (χ0) is 12.6. The Bertz CT molecular complexity index is 236. The summed E-state index contributed by atoms with van der Waals surface area (Å²) in [6, 6.07) is -0.0993. The van der Waals surface area contributed by atoms with E-state index in [9.17, 15) is 9.59 Å². The molecule has 94 valence electrons. The van der Waals surface area contributed by atoms with E-state index in [1.54, 1.807) is 28.6 Å². The van der Waals surface area contributed by atoms with Crippen molar-refractivity contribution < 1.29 is 14.7 Å². The van der Waals surface area contributed by atoms with Gasteiger partial charge in [0.2, 0.25) is 0 Å². The Labute approximate surface area is 101 Å². The van der Waals surface area contributed by atoms with Crippen molar-refractivity contribution >= 4 is 23.8 Å². The summed E-state index contributed by atoms with van der Waals surface area (Å²) in [6.07, 6.45) is 1.98. The van der Waals surface area contributed by atoms with E-state index in [2.05, 4.69) is 0 Å². The first-order chi connectivity index (χ1) is 7.52. The zero-order valence-electron chi connectivity index (χ0n) is 10.1. The van der Waals surface area contributed by atoms with E-state index in [4.69, 9.17) is 5.11 Å². The molecule has 2 amide bonds. The van der Waals surface area contributed by atoms with Gasteiger partial charge in [-0.25, -0.2) is 4.79 Å². The molecule has 0 unspecified atom stereocenters. The summed E-state index contributed by atoms with van der Waals surface area (Å²) in [6.45, 7) is 3.34. The van der Waals surface area contributed by atoms with Gasteiger partial charge >= 0.3 is 12.0 Å². The lowest BCUT2D eigenvalue weighted by atomic mass is 10.4. The van der Waals surface area contributed by atoms with Gasteiger partial charge in [0.25, 0.3) is 0 Å². The Balaban J connectivity index is 4.12. The van der Waals surface area contributed by atoms with Crippen molar-refractivity contribution in [1.29, 1.82) is 0 Å². The summed E-state index contributed by atoms with van der Waals surface area (Å²) < 4.78 is 0. The lowest BCUT2D eigenvalue weighted by molar-refractivity contribution is -0.137. The smallest absolute Gasteiger partial charge is 0.319 e. The van der Waals surface area contributed by atoms with Gasteiger partial charge in [0.15, 0.2) is 0 Å². The third-order valence-corrected chi connectivity index (χ3v) is 2.80. The Morgan fingerprint density at radius 3 is 2.38 bits per heavy atom. The van der Waals surface area contributed by atoms with Gasteiger partial charge in [-0.05, 0) is 13.2 Å². The molecule has 0 radical (unpaired) electrons. The molecule has 0 rings (SSSR count). The fraction of sp³-hybridized carbons (Fsp3) is 0.800. The average molecular weight is 248 g/mol. The van der Waals surface area contributed by atoms with Crippen molar-refractivity contribution in [1.82, 2.24) is 9.80 Å². The van der Waals surface area contributed by atoms with Crippen LogP contribution in [0.5, 0.6) is 0 Å². The maximum atomic E-state index is 11.8. The topological polar surface area (TPSA) is 60.9 Å². The second-order valence-corrected chi connectivity index (χ2v) is 4.41. The largest absolute Gasteiger partial charge is 0.481 e. The van der Waals surface area contributed by atoms with Gasteiger partial charge in [0.1, 0.15) is 0 Å². The van der Waals surface area contributed by atoms with Gasteiger partial charge in [0, 0.05) is 32.4 Å². The second kappa shape index (κ2) is 8.27. The molecule has 0 fully saturated rings. The highest BCUT2D eigenvalue weighted by Gasteiger charge is 2.16. The summed E-state index contributed by atoms with van der Waals surface area (Å²) in [4.78, 5) is 25.4. The predicted octanol–water partition coefficient (Wildman–Crippen LogP) is 1.20. The number of carbonyl (C=O) groups excluding carboxylic acids is 1. The molecule has 0 aliphatic heterocycles. The van der Waals surface area contributed by atoms with Crippen LogP contribution >= 0.6 is 11.8 Å². The molecule has 0 atom stereocenters. The predicted molar refractivity (Wildman–Crippen MR) is 65.9 cm³/mol. The zero-order valence-corrected chi connectivity index (χ0v) is 10.9. The fourth-order valence-electron chi connectivity index (χ4n) is 1.18. The number of nitrogens with zero attached hydrogens (tertiary/aromatic N) is 2. The van der Waals surface area contributed by atoms with Crippen molar-refractivity contribution in [3.05, 3.63) is 0 Å². The number of carboxylic acid groups (broad SMARTS) is 1. The fourth-order valence-corrected chi connectivity index (χ4v) is 1.64. The molecule has 1 N–H and O–H groups in total.